The third-order valence-corrected chi connectivity index (χ3v) is 12.4. The maximum absolute atomic E-state index is 12.4. The van der Waals surface area contributed by atoms with E-state index < -0.39 is 0 Å². The maximum Gasteiger partial charge on any atom is 0.306 e. The molecule has 0 bridgehead atoms. The molecule has 0 aromatic heterocycles. The zero-order chi connectivity index (χ0) is 45.0. The van der Waals surface area contributed by atoms with Gasteiger partial charge >= 0.3 is 5.97 Å². The van der Waals surface area contributed by atoms with Gasteiger partial charge in [0.2, 0.25) is 0 Å². The molecule has 0 spiro atoms. The molecule has 7 nitrogen and oxygen atoms in total. The fourth-order valence-electron chi connectivity index (χ4n) is 8.34. The summed E-state index contributed by atoms with van der Waals surface area (Å²) in [4.78, 5) is 34.8. The molecule has 0 radical (unpaired) electrons. The summed E-state index contributed by atoms with van der Waals surface area (Å²) in [6.45, 7) is 18.3. The summed E-state index contributed by atoms with van der Waals surface area (Å²) in [5.41, 5.74) is 0. The number of methoxy groups -OCH3 is 1. The van der Waals surface area contributed by atoms with Gasteiger partial charge in [0.15, 0.2) is 0 Å². The molecule has 0 saturated heterocycles. The van der Waals surface area contributed by atoms with Crippen molar-refractivity contribution < 1.29 is 29.0 Å². The third-order valence-electron chi connectivity index (χ3n) is 12.4. The molecule has 0 aliphatic heterocycles. The Kier molecular flexibility index (Phi) is 58.2. The smallest absolute Gasteiger partial charge is 0.306 e. The number of nitrogens with zero attached hydrogens (tertiary/aromatic N) is 1. The van der Waals surface area contributed by atoms with E-state index in [9.17, 15) is 9.59 Å². The lowest BCUT2D eigenvalue weighted by molar-refractivity contribution is -0.145. The average molecular weight is 854 g/mol. The predicted molar refractivity (Wildman–Crippen MR) is 260 cm³/mol. The van der Waals surface area contributed by atoms with E-state index in [4.69, 9.17) is 19.4 Å². The summed E-state index contributed by atoms with van der Waals surface area (Å²) in [6.07, 6.45) is 45.5. The Morgan fingerprint density at radius 1 is 0.483 bits per heavy atom. The van der Waals surface area contributed by atoms with Crippen molar-refractivity contribution >= 4 is 18.7 Å². The molecular formula is C53H107NO6. The molecule has 1 N–H and O–H groups in total. The second kappa shape index (κ2) is 55.5. The molecule has 60 heavy (non-hydrogen) atoms. The van der Waals surface area contributed by atoms with Crippen molar-refractivity contribution in [3.8, 4) is 0 Å². The summed E-state index contributed by atoms with van der Waals surface area (Å²) in [5.74, 6) is 1.79. The van der Waals surface area contributed by atoms with Crippen LogP contribution in [-0.2, 0) is 23.9 Å². The number of carbonyl (C=O) groups is 3. The number of ether oxygens (including phenoxy) is 2. The van der Waals surface area contributed by atoms with Crippen LogP contribution in [0.3, 0.4) is 0 Å². The monoisotopic (exact) mass is 854 g/mol. The normalized spacial score (nSPS) is 11.6. The summed E-state index contributed by atoms with van der Waals surface area (Å²) < 4.78 is 10.6. The Morgan fingerprint density at radius 3 is 1.22 bits per heavy atom. The Labute approximate surface area is 375 Å². The molecule has 0 rings (SSSR count). The largest absolute Gasteiger partial charge is 0.483 e. The molecule has 0 amide bonds. The Morgan fingerprint density at radius 2 is 0.833 bits per heavy atom. The van der Waals surface area contributed by atoms with E-state index in [1.54, 1.807) is 7.11 Å². The Balaban J connectivity index is -0.00000197. The third kappa shape index (κ3) is 50.9. The minimum atomic E-state index is -0.250. The number of hydrogen-bond acceptors (Lipinski definition) is 6. The zero-order valence-electron chi connectivity index (χ0n) is 41.6. The molecule has 1 unspecified atom stereocenters. The van der Waals surface area contributed by atoms with Crippen LogP contribution in [0.15, 0.2) is 0 Å². The lowest BCUT2D eigenvalue weighted by Crippen LogP contribution is -2.24. The fraction of sp³-hybridized carbons (Fsp3) is 0.943. The average Bonchev–Trinajstić information content (AvgIpc) is 3.25. The van der Waals surface area contributed by atoms with E-state index in [1.165, 1.54) is 219 Å². The number of carboxylic acid groups (broad SMARTS) is 1. The molecule has 0 aliphatic carbocycles. The molecular weight excluding hydrogens is 747 g/mol. The SMILES string of the molecule is CCCCCC(CCCCC)CCCCCCCCCC(C=O)CCCCCCCCOC(=O)CC(CCCCC)CCCCC.CCN(CC)CCCCOC.O=CO. The van der Waals surface area contributed by atoms with Gasteiger partial charge in [-0.1, -0.05) is 215 Å². The molecule has 0 heterocycles. The lowest BCUT2D eigenvalue weighted by Gasteiger charge is -2.17. The molecule has 0 aromatic rings. The van der Waals surface area contributed by atoms with Crippen LogP contribution in [0.25, 0.3) is 0 Å². The van der Waals surface area contributed by atoms with E-state index in [-0.39, 0.29) is 18.4 Å². The van der Waals surface area contributed by atoms with Gasteiger partial charge in [0, 0.05) is 26.1 Å². The number of esters is 1. The first-order chi connectivity index (χ1) is 29.4. The van der Waals surface area contributed by atoms with Crippen LogP contribution in [0.2, 0.25) is 0 Å². The van der Waals surface area contributed by atoms with Gasteiger partial charge in [0.05, 0.1) is 6.61 Å². The van der Waals surface area contributed by atoms with E-state index in [2.05, 4.69) is 46.4 Å². The fourth-order valence-corrected chi connectivity index (χ4v) is 8.34. The van der Waals surface area contributed by atoms with Crippen LogP contribution >= 0.6 is 0 Å². The van der Waals surface area contributed by atoms with Gasteiger partial charge < -0.3 is 24.3 Å². The van der Waals surface area contributed by atoms with Crippen LogP contribution in [-0.4, -0.2) is 68.7 Å². The molecule has 1 atom stereocenters. The first kappa shape index (κ1) is 62.8. The molecule has 360 valence electrons. The molecule has 0 fully saturated rings. The van der Waals surface area contributed by atoms with Gasteiger partial charge in [-0.2, -0.15) is 0 Å². The summed E-state index contributed by atoms with van der Waals surface area (Å²) in [6, 6.07) is 0. The van der Waals surface area contributed by atoms with Crippen molar-refractivity contribution in [2.75, 3.05) is 40.0 Å². The molecule has 0 aromatic carbocycles. The lowest BCUT2D eigenvalue weighted by atomic mass is 9.90. The van der Waals surface area contributed by atoms with Crippen LogP contribution in [0.4, 0.5) is 0 Å². The highest BCUT2D eigenvalue weighted by atomic mass is 16.5. The van der Waals surface area contributed by atoms with Crippen LogP contribution in [0, 0.1) is 17.8 Å². The van der Waals surface area contributed by atoms with Crippen LogP contribution < -0.4 is 0 Å². The highest BCUT2D eigenvalue weighted by molar-refractivity contribution is 5.69. The van der Waals surface area contributed by atoms with Gasteiger partial charge in [-0.25, -0.2) is 0 Å². The van der Waals surface area contributed by atoms with Crippen molar-refractivity contribution in [1.82, 2.24) is 4.90 Å². The van der Waals surface area contributed by atoms with Gasteiger partial charge in [-0.15, -0.1) is 0 Å². The second-order valence-corrected chi connectivity index (χ2v) is 17.8. The molecule has 0 aliphatic rings. The van der Waals surface area contributed by atoms with E-state index in [1.807, 2.05) is 0 Å². The Hall–Kier alpha value is -1.47. The first-order valence-electron chi connectivity index (χ1n) is 26.3. The summed E-state index contributed by atoms with van der Waals surface area (Å²) >= 11 is 0. The minimum Gasteiger partial charge on any atom is -0.483 e. The van der Waals surface area contributed by atoms with Gasteiger partial charge in [-0.05, 0) is 76.4 Å². The van der Waals surface area contributed by atoms with Gasteiger partial charge in [0.25, 0.3) is 6.47 Å². The van der Waals surface area contributed by atoms with Crippen molar-refractivity contribution in [3.63, 3.8) is 0 Å². The summed E-state index contributed by atoms with van der Waals surface area (Å²) in [7, 11) is 1.76. The van der Waals surface area contributed by atoms with Crippen LogP contribution in [0.5, 0.6) is 0 Å². The number of rotatable bonds is 45. The minimum absolute atomic E-state index is 0.0209. The number of unbranched alkanes of at least 4 members (excludes halogenated alkanes) is 20. The molecule has 7 heteroatoms. The first-order valence-corrected chi connectivity index (χ1v) is 26.3. The van der Waals surface area contributed by atoms with E-state index in [0.717, 1.165) is 38.2 Å². The van der Waals surface area contributed by atoms with Gasteiger partial charge in [-0.3, -0.25) is 9.59 Å². The second-order valence-electron chi connectivity index (χ2n) is 17.8. The highest BCUT2D eigenvalue weighted by Crippen LogP contribution is 2.25. The van der Waals surface area contributed by atoms with Crippen molar-refractivity contribution in [3.05, 3.63) is 0 Å². The van der Waals surface area contributed by atoms with Gasteiger partial charge in [0.1, 0.15) is 6.29 Å². The van der Waals surface area contributed by atoms with Crippen molar-refractivity contribution in [2.45, 2.75) is 266 Å². The number of hydrogen-bond donors (Lipinski definition) is 1. The standard InChI is InChI=1S/C43H84O3.C9H21NO.CH2O2/c1-5-9-22-30-40(31-23-10-6-2)32-26-18-14-13-15-19-27-35-42(39-44)36-28-20-16-17-21-29-37-46-43(45)38-41(33-24-11-7-3)34-25-12-8-4;1-4-10(5-2)8-6-7-9-11-3;2-1-3/h39-42H,5-38H2,1-4H3;4-9H2,1-3H3;1H,(H,2,3). The molecule has 0 saturated carbocycles. The summed E-state index contributed by atoms with van der Waals surface area (Å²) in [5, 5.41) is 6.89. The van der Waals surface area contributed by atoms with E-state index in [0.29, 0.717) is 18.9 Å². The maximum atomic E-state index is 12.4. The van der Waals surface area contributed by atoms with Crippen molar-refractivity contribution in [2.24, 2.45) is 17.8 Å². The highest BCUT2D eigenvalue weighted by Gasteiger charge is 2.15. The quantitative estimate of drug-likeness (QED) is 0.0370. The predicted octanol–water partition coefficient (Wildman–Crippen LogP) is 16.0. The van der Waals surface area contributed by atoms with E-state index >= 15 is 0 Å². The van der Waals surface area contributed by atoms with Crippen LogP contribution in [0.1, 0.15) is 266 Å². The van der Waals surface area contributed by atoms with Crippen molar-refractivity contribution in [1.29, 1.82) is 0 Å². The number of carbonyl (C=O) groups excluding carboxylic acids is 2. The zero-order valence-corrected chi connectivity index (χ0v) is 41.6. The topological polar surface area (TPSA) is 93.1 Å². The Bertz CT molecular complexity index is 801. The number of aldehydes is 1.